The molecule has 2 saturated heterocycles. The molecule has 31 heavy (non-hydrogen) atoms. The number of aryl methyl sites for hydroxylation is 2. The van der Waals surface area contributed by atoms with Crippen LogP contribution in [-0.4, -0.2) is 62.8 Å². The van der Waals surface area contributed by atoms with Crippen molar-refractivity contribution in [3.05, 3.63) is 17.0 Å². The van der Waals surface area contributed by atoms with E-state index in [1.54, 1.807) is 0 Å². The third-order valence-corrected chi connectivity index (χ3v) is 6.58. The lowest BCUT2D eigenvalue weighted by atomic mass is 9.87. The summed E-state index contributed by atoms with van der Waals surface area (Å²) in [5.41, 5.74) is 2.04. The van der Waals surface area contributed by atoms with Crippen molar-refractivity contribution in [3.8, 4) is 0 Å². The SMILES string of the molecule is CCC(C)N1CCCC2(CCC(=O)N2Cc2c(C)noc2C)CC1.O=C(O)C(F)(F)F. The van der Waals surface area contributed by atoms with Crippen molar-refractivity contribution in [2.24, 2.45) is 0 Å². The Labute approximate surface area is 180 Å². The minimum absolute atomic E-state index is 0.0371. The average molecular weight is 447 g/mol. The molecule has 7 nitrogen and oxygen atoms in total. The maximum atomic E-state index is 12.6. The Morgan fingerprint density at radius 1 is 1.26 bits per heavy atom. The Bertz CT molecular complexity index is 761. The molecule has 1 aromatic heterocycles. The van der Waals surface area contributed by atoms with E-state index in [0.29, 0.717) is 24.9 Å². The molecular weight excluding hydrogens is 415 g/mol. The first-order valence-corrected chi connectivity index (χ1v) is 10.7. The molecular formula is C21H32F3N3O4. The van der Waals surface area contributed by atoms with Crippen molar-refractivity contribution in [2.75, 3.05) is 13.1 Å². The molecule has 3 rings (SSSR count). The number of alkyl halides is 3. The minimum Gasteiger partial charge on any atom is -0.475 e. The number of aliphatic carboxylic acids is 1. The Kier molecular flexibility index (Phi) is 8.13. The number of carboxylic acid groups (broad SMARTS) is 1. The Hall–Kier alpha value is -2.10. The van der Waals surface area contributed by atoms with Crippen molar-refractivity contribution in [2.45, 2.75) is 90.5 Å². The molecule has 1 amide bonds. The van der Waals surface area contributed by atoms with Crippen molar-refractivity contribution >= 4 is 11.9 Å². The van der Waals surface area contributed by atoms with Crippen LogP contribution in [0.2, 0.25) is 0 Å². The highest BCUT2D eigenvalue weighted by Crippen LogP contribution is 2.41. The summed E-state index contributed by atoms with van der Waals surface area (Å²) in [6.45, 7) is 11.4. The third kappa shape index (κ3) is 5.99. The Balaban J connectivity index is 0.000000423. The van der Waals surface area contributed by atoms with Crippen LogP contribution >= 0.6 is 0 Å². The molecule has 0 radical (unpaired) electrons. The molecule has 2 aliphatic heterocycles. The largest absolute Gasteiger partial charge is 0.490 e. The van der Waals surface area contributed by atoms with Gasteiger partial charge in [0.25, 0.3) is 0 Å². The molecule has 2 unspecified atom stereocenters. The van der Waals surface area contributed by atoms with Gasteiger partial charge in [-0.2, -0.15) is 13.2 Å². The minimum atomic E-state index is -5.08. The van der Waals surface area contributed by atoms with Gasteiger partial charge in [0.1, 0.15) is 5.76 Å². The van der Waals surface area contributed by atoms with Crippen LogP contribution < -0.4 is 0 Å². The van der Waals surface area contributed by atoms with Crippen molar-refractivity contribution in [1.29, 1.82) is 0 Å². The van der Waals surface area contributed by atoms with Crippen LogP contribution in [0.15, 0.2) is 4.52 Å². The highest BCUT2D eigenvalue weighted by atomic mass is 19.4. The van der Waals surface area contributed by atoms with Crippen LogP contribution in [0.1, 0.15) is 69.4 Å². The number of hydrogen-bond donors (Lipinski definition) is 1. The van der Waals surface area contributed by atoms with Gasteiger partial charge in [0.15, 0.2) is 0 Å². The van der Waals surface area contributed by atoms with E-state index in [4.69, 9.17) is 14.4 Å². The quantitative estimate of drug-likeness (QED) is 0.749. The van der Waals surface area contributed by atoms with Crippen LogP contribution in [0.5, 0.6) is 0 Å². The third-order valence-electron chi connectivity index (χ3n) is 6.58. The number of carbonyl (C=O) groups is 2. The predicted octanol–water partition coefficient (Wildman–Crippen LogP) is 4.07. The molecule has 0 bridgehead atoms. The van der Waals surface area contributed by atoms with Crippen LogP contribution in [0.3, 0.4) is 0 Å². The van der Waals surface area contributed by atoms with Gasteiger partial charge >= 0.3 is 12.1 Å². The number of nitrogens with zero attached hydrogens (tertiary/aromatic N) is 3. The number of halogens is 3. The summed E-state index contributed by atoms with van der Waals surface area (Å²) in [7, 11) is 0. The second-order valence-electron chi connectivity index (χ2n) is 8.46. The molecule has 1 aromatic rings. The maximum absolute atomic E-state index is 12.6. The van der Waals surface area contributed by atoms with E-state index < -0.39 is 12.1 Å². The first-order valence-electron chi connectivity index (χ1n) is 10.7. The van der Waals surface area contributed by atoms with Gasteiger partial charge in [0.05, 0.1) is 12.2 Å². The summed E-state index contributed by atoms with van der Waals surface area (Å²) in [5.74, 6) is -1.61. The lowest BCUT2D eigenvalue weighted by molar-refractivity contribution is -0.192. The van der Waals surface area contributed by atoms with Crippen LogP contribution in [0.4, 0.5) is 13.2 Å². The number of aromatic nitrogens is 1. The molecule has 2 atom stereocenters. The standard InChI is InChI=1S/C19H31N3O2.C2HF3O2/c1-5-14(2)21-11-6-8-19(10-12-21)9-7-18(23)22(19)13-17-15(3)20-24-16(17)4;3-2(4,5)1(6)7/h14H,5-13H2,1-4H3;(H,6,7). The average Bonchev–Trinajstić information content (AvgIpc) is 3.07. The first kappa shape index (κ1) is 25.2. The fourth-order valence-electron chi connectivity index (χ4n) is 4.43. The highest BCUT2D eigenvalue weighted by Gasteiger charge is 2.46. The monoisotopic (exact) mass is 447 g/mol. The van der Waals surface area contributed by atoms with Gasteiger partial charge in [-0.1, -0.05) is 12.1 Å². The van der Waals surface area contributed by atoms with Gasteiger partial charge < -0.3 is 19.4 Å². The molecule has 2 fully saturated rings. The Morgan fingerprint density at radius 2 is 1.90 bits per heavy atom. The number of amides is 1. The number of rotatable bonds is 4. The summed E-state index contributed by atoms with van der Waals surface area (Å²) in [5, 5.41) is 11.2. The lowest BCUT2D eigenvalue weighted by Crippen LogP contribution is -2.46. The van der Waals surface area contributed by atoms with Gasteiger partial charge in [0.2, 0.25) is 5.91 Å². The van der Waals surface area contributed by atoms with E-state index in [-0.39, 0.29) is 5.54 Å². The van der Waals surface area contributed by atoms with Gasteiger partial charge in [-0.05, 0) is 59.4 Å². The summed E-state index contributed by atoms with van der Waals surface area (Å²) in [4.78, 5) is 26.3. The molecule has 2 aliphatic rings. The molecule has 0 aromatic carbocycles. The molecule has 10 heteroatoms. The maximum Gasteiger partial charge on any atom is 0.490 e. The van der Waals surface area contributed by atoms with E-state index in [1.807, 2.05) is 13.8 Å². The van der Waals surface area contributed by atoms with E-state index in [9.17, 15) is 18.0 Å². The molecule has 176 valence electrons. The topological polar surface area (TPSA) is 86.9 Å². The second kappa shape index (κ2) is 10.0. The summed E-state index contributed by atoms with van der Waals surface area (Å²) in [6, 6.07) is 0.633. The molecule has 1 spiro atoms. The van der Waals surface area contributed by atoms with E-state index in [0.717, 1.165) is 49.4 Å². The number of carbonyl (C=O) groups excluding carboxylic acids is 1. The number of hydrogen-bond acceptors (Lipinski definition) is 5. The van der Waals surface area contributed by atoms with E-state index in [1.165, 1.54) is 12.8 Å². The number of carboxylic acids is 1. The van der Waals surface area contributed by atoms with Crippen LogP contribution in [-0.2, 0) is 16.1 Å². The van der Waals surface area contributed by atoms with E-state index in [2.05, 4.69) is 28.8 Å². The fourth-order valence-corrected chi connectivity index (χ4v) is 4.43. The predicted molar refractivity (Wildman–Crippen MR) is 107 cm³/mol. The summed E-state index contributed by atoms with van der Waals surface area (Å²) in [6.07, 6.45) is 1.18. The lowest BCUT2D eigenvalue weighted by Gasteiger charge is -2.38. The summed E-state index contributed by atoms with van der Waals surface area (Å²) < 4.78 is 37.0. The fraction of sp³-hybridized carbons (Fsp3) is 0.762. The smallest absolute Gasteiger partial charge is 0.475 e. The second-order valence-corrected chi connectivity index (χ2v) is 8.46. The van der Waals surface area contributed by atoms with Crippen molar-refractivity contribution in [3.63, 3.8) is 0 Å². The first-order chi connectivity index (χ1) is 14.4. The van der Waals surface area contributed by atoms with Gasteiger partial charge in [-0.25, -0.2) is 4.79 Å². The highest BCUT2D eigenvalue weighted by molar-refractivity contribution is 5.79. The zero-order valence-corrected chi connectivity index (χ0v) is 18.6. The molecule has 1 N–H and O–H groups in total. The zero-order chi connectivity index (χ0) is 23.4. The number of likely N-dealkylation sites (tertiary alicyclic amines) is 2. The van der Waals surface area contributed by atoms with Crippen LogP contribution in [0.25, 0.3) is 0 Å². The van der Waals surface area contributed by atoms with E-state index >= 15 is 0 Å². The Morgan fingerprint density at radius 3 is 2.42 bits per heavy atom. The van der Waals surface area contributed by atoms with Crippen molar-refractivity contribution < 1.29 is 32.4 Å². The van der Waals surface area contributed by atoms with Crippen LogP contribution in [0, 0.1) is 13.8 Å². The normalized spacial score (nSPS) is 23.5. The summed E-state index contributed by atoms with van der Waals surface area (Å²) >= 11 is 0. The van der Waals surface area contributed by atoms with Gasteiger partial charge in [0, 0.05) is 30.1 Å². The van der Waals surface area contributed by atoms with Gasteiger partial charge in [-0.3, -0.25) is 4.79 Å². The zero-order valence-electron chi connectivity index (χ0n) is 18.6. The molecule has 0 aliphatic carbocycles. The van der Waals surface area contributed by atoms with Gasteiger partial charge in [-0.15, -0.1) is 0 Å². The van der Waals surface area contributed by atoms with Crippen molar-refractivity contribution in [1.82, 2.24) is 15.0 Å². The molecule has 0 saturated carbocycles. The molecule has 3 heterocycles.